The predicted molar refractivity (Wildman–Crippen MR) is 108 cm³/mol. The molecule has 4 nitrogen and oxygen atoms in total. The standard InChI is InChI=1S/C23H21N3O/c27-22(25-15-18-5-2-1-3-6-18)10-9-17-7-4-8-19(13-17)21-14-20-11-12-24-23(20)26-16-21/h1-8,11-14,16H,9-10,15H2,(H,24,26)(H,25,27). The van der Waals surface area contributed by atoms with Gasteiger partial charge in [-0.15, -0.1) is 0 Å². The normalized spacial score (nSPS) is 10.8. The van der Waals surface area contributed by atoms with Crippen molar-refractivity contribution < 1.29 is 4.79 Å². The quantitative estimate of drug-likeness (QED) is 0.536. The van der Waals surface area contributed by atoms with Gasteiger partial charge >= 0.3 is 0 Å². The van der Waals surface area contributed by atoms with E-state index >= 15 is 0 Å². The number of nitrogens with one attached hydrogen (secondary N) is 2. The van der Waals surface area contributed by atoms with Crippen LogP contribution in [0, 0.1) is 0 Å². The zero-order chi connectivity index (χ0) is 18.5. The molecule has 0 aliphatic rings. The second-order valence-corrected chi connectivity index (χ2v) is 6.60. The Balaban J connectivity index is 1.38. The molecule has 2 aromatic carbocycles. The topological polar surface area (TPSA) is 57.8 Å². The first-order valence-corrected chi connectivity index (χ1v) is 9.11. The number of carbonyl (C=O) groups excluding carboxylic acids is 1. The number of hydrogen-bond acceptors (Lipinski definition) is 2. The summed E-state index contributed by atoms with van der Waals surface area (Å²) in [5.74, 6) is 0.0691. The number of nitrogens with zero attached hydrogens (tertiary/aromatic N) is 1. The van der Waals surface area contributed by atoms with Gasteiger partial charge in [-0.2, -0.15) is 0 Å². The second kappa shape index (κ2) is 7.87. The third-order valence-electron chi connectivity index (χ3n) is 4.63. The highest BCUT2D eigenvalue weighted by Gasteiger charge is 2.05. The molecule has 0 fully saturated rings. The Labute approximate surface area is 158 Å². The number of fused-ring (bicyclic) bond motifs is 1. The average Bonchev–Trinajstić information content (AvgIpc) is 3.19. The highest BCUT2D eigenvalue weighted by molar-refractivity contribution is 5.81. The maximum atomic E-state index is 12.1. The molecule has 1 amide bonds. The maximum absolute atomic E-state index is 12.1. The molecule has 0 unspecified atom stereocenters. The van der Waals surface area contributed by atoms with E-state index in [0.29, 0.717) is 19.4 Å². The van der Waals surface area contributed by atoms with Gasteiger partial charge in [0.25, 0.3) is 0 Å². The van der Waals surface area contributed by atoms with E-state index in [0.717, 1.165) is 33.3 Å². The molecule has 0 aliphatic carbocycles. The van der Waals surface area contributed by atoms with E-state index in [9.17, 15) is 4.79 Å². The third kappa shape index (κ3) is 4.23. The minimum atomic E-state index is 0.0691. The van der Waals surface area contributed by atoms with Crippen LogP contribution in [0.4, 0.5) is 0 Å². The van der Waals surface area contributed by atoms with Crippen molar-refractivity contribution in [3.8, 4) is 11.1 Å². The van der Waals surface area contributed by atoms with Gasteiger partial charge < -0.3 is 10.3 Å². The summed E-state index contributed by atoms with van der Waals surface area (Å²) in [7, 11) is 0. The van der Waals surface area contributed by atoms with Gasteiger partial charge in [0.05, 0.1) is 0 Å². The Bertz CT molecular complexity index is 1050. The van der Waals surface area contributed by atoms with Crippen molar-refractivity contribution in [1.29, 1.82) is 0 Å². The van der Waals surface area contributed by atoms with E-state index < -0.39 is 0 Å². The summed E-state index contributed by atoms with van der Waals surface area (Å²) >= 11 is 0. The van der Waals surface area contributed by atoms with Crippen LogP contribution in [0.5, 0.6) is 0 Å². The molecular formula is C23H21N3O. The van der Waals surface area contributed by atoms with Gasteiger partial charge in [-0.05, 0) is 35.2 Å². The minimum absolute atomic E-state index is 0.0691. The lowest BCUT2D eigenvalue weighted by Crippen LogP contribution is -2.22. The predicted octanol–water partition coefficient (Wildman–Crippen LogP) is 4.48. The second-order valence-electron chi connectivity index (χ2n) is 6.60. The van der Waals surface area contributed by atoms with Gasteiger partial charge in [0, 0.05) is 36.3 Å². The fourth-order valence-corrected chi connectivity index (χ4v) is 3.15. The number of pyridine rings is 1. The van der Waals surface area contributed by atoms with Gasteiger partial charge in [0.2, 0.25) is 5.91 Å². The Morgan fingerprint density at radius 1 is 0.926 bits per heavy atom. The molecule has 134 valence electrons. The Kier molecular flexibility index (Phi) is 4.97. The summed E-state index contributed by atoms with van der Waals surface area (Å²) in [5, 5.41) is 4.08. The summed E-state index contributed by atoms with van der Waals surface area (Å²) < 4.78 is 0. The molecule has 2 N–H and O–H groups in total. The Morgan fingerprint density at radius 2 is 1.78 bits per heavy atom. The van der Waals surface area contributed by atoms with Crippen molar-refractivity contribution >= 4 is 16.9 Å². The molecule has 0 spiro atoms. The van der Waals surface area contributed by atoms with Crippen molar-refractivity contribution in [2.24, 2.45) is 0 Å². The van der Waals surface area contributed by atoms with Gasteiger partial charge in [-0.3, -0.25) is 4.79 Å². The van der Waals surface area contributed by atoms with Crippen LogP contribution in [0.3, 0.4) is 0 Å². The van der Waals surface area contributed by atoms with Crippen molar-refractivity contribution in [3.63, 3.8) is 0 Å². The number of aromatic nitrogens is 2. The largest absolute Gasteiger partial charge is 0.352 e. The SMILES string of the molecule is O=C(CCc1cccc(-c2cnc3[nH]ccc3c2)c1)NCc1ccccc1. The molecule has 0 atom stereocenters. The third-order valence-corrected chi connectivity index (χ3v) is 4.63. The number of amides is 1. The summed E-state index contributed by atoms with van der Waals surface area (Å²) in [6.07, 6.45) is 4.97. The first kappa shape index (κ1) is 17.0. The Morgan fingerprint density at radius 3 is 2.67 bits per heavy atom. The molecule has 4 rings (SSSR count). The average molecular weight is 355 g/mol. The summed E-state index contributed by atoms with van der Waals surface area (Å²) in [5.41, 5.74) is 5.35. The molecule has 2 heterocycles. The molecule has 0 saturated heterocycles. The maximum Gasteiger partial charge on any atom is 0.220 e. The van der Waals surface area contributed by atoms with E-state index in [2.05, 4.69) is 39.6 Å². The highest BCUT2D eigenvalue weighted by Crippen LogP contribution is 2.23. The van der Waals surface area contributed by atoms with Gasteiger partial charge in [0.15, 0.2) is 0 Å². The van der Waals surface area contributed by atoms with Crippen LogP contribution in [0.2, 0.25) is 0 Å². The van der Waals surface area contributed by atoms with Crippen LogP contribution in [0.15, 0.2) is 79.1 Å². The molecule has 0 bridgehead atoms. The van der Waals surface area contributed by atoms with E-state index in [1.54, 1.807) is 0 Å². The number of benzene rings is 2. The molecule has 27 heavy (non-hydrogen) atoms. The number of H-pyrrole nitrogens is 1. The molecule has 4 aromatic rings. The van der Waals surface area contributed by atoms with Crippen LogP contribution >= 0.6 is 0 Å². The fourth-order valence-electron chi connectivity index (χ4n) is 3.15. The number of aromatic amines is 1. The van der Waals surface area contributed by atoms with E-state index in [-0.39, 0.29) is 5.91 Å². The van der Waals surface area contributed by atoms with Crippen LogP contribution < -0.4 is 5.32 Å². The lowest BCUT2D eigenvalue weighted by molar-refractivity contribution is -0.121. The highest BCUT2D eigenvalue weighted by atomic mass is 16.1. The summed E-state index contributed by atoms with van der Waals surface area (Å²) in [6, 6.07) is 22.4. The first-order valence-electron chi connectivity index (χ1n) is 9.11. The van der Waals surface area contributed by atoms with Gasteiger partial charge in [-0.25, -0.2) is 4.98 Å². The molecule has 4 heteroatoms. The smallest absolute Gasteiger partial charge is 0.220 e. The molecule has 0 aliphatic heterocycles. The van der Waals surface area contributed by atoms with E-state index in [1.807, 2.05) is 54.9 Å². The van der Waals surface area contributed by atoms with Crippen molar-refractivity contribution in [2.45, 2.75) is 19.4 Å². The van der Waals surface area contributed by atoms with E-state index in [4.69, 9.17) is 0 Å². The lowest BCUT2D eigenvalue weighted by Gasteiger charge is -2.07. The van der Waals surface area contributed by atoms with Crippen molar-refractivity contribution in [1.82, 2.24) is 15.3 Å². The molecule has 2 aromatic heterocycles. The lowest BCUT2D eigenvalue weighted by atomic mass is 10.0. The number of carbonyl (C=O) groups is 1. The van der Waals surface area contributed by atoms with Crippen molar-refractivity contribution in [2.75, 3.05) is 0 Å². The zero-order valence-corrected chi connectivity index (χ0v) is 15.0. The van der Waals surface area contributed by atoms with Crippen molar-refractivity contribution in [3.05, 3.63) is 90.3 Å². The minimum Gasteiger partial charge on any atom is -0.352 e. The summed E-state index contributed by atoms with van der Waals surface area (Å²) in [4.78, 5) is 19.7. The van der Waals surface area contributed by atoms with Crippen LogP contribution in [0.25, 0.3) is 22.2 Å². The number of hydrogen-bond donors (Lipinski definition) is 2. The first-order chi connectivity index (χ1) is 13.3. The van der Waals surface area contributed by atoms with Gasteiger partial charge in [0.1, 0.15) is 5.65 Å². The van der Waals surface area contributed by atoms with Crippen LogP contribution in [-0.4, -0.2) is 15.9 Å². The monoisotopic (exact) mass is 355 g/mol. The summed E-state index contributed by atoms with van der Waals surface area (Å²) in [6.45, 7) is 0.571. The van der Waals surface area contributed by atoms with E-state index in [1.165, 1.54) is 0 Å². The molecule has 0 saturated carbocycles. The number of aryl methyl sites for hydroxylation is 1. The number of rotatable bonds is 6. The van der Waals surface area contributed by atoms with Crippen LogP contribution in [-0.2, 0) is 17.8 Å². The Hall–Kier alpha value is -3.40. The van der Waals surface area contributed by atoms with Gasteiger partial charge in [-0.1, -0.05) is 54.6 Å². The fraction of sp³-hybridized carbons (Fsp3) is 0.130. The zero-order valence-electron chi connectivity index (χ0n) is 15.0. The van der Waals surface area contributed by atoms with Crippen LogP contribution in [0.1, 0.15) is 17.5 Å². The molecular weight excluding hydrogens is 334 g/mol. The molecule has 0 radical (unpaired) electrons.